The molecule has 0 bridgehead atoms. The van der Waals surface area contributed by atoms with E-state index >= 15 is 0 Å². The molecule has 0 radical (unpaired) electrons. The minimum absolute atomic E-state index is 0.0561. The summed E-state index contributed by atoms with van der Waals surface area (Å²) in [6.07, 6.45) is 0. The zero-order chi connectivity index (χ0) is 18.5. The molecular weight excluding hydrogens is 330 g/mol. The highest BCUT2D eigenvalue weighted by Gasteiger charge is 2.26. The lowest BCUT2D eigenvalue weighted by Crippen LogP contribution is -2.53. The average Bonchev–Trinajstić information content (AvgIpc) is 2.68. The van der Waals surface area contributed by atoms with E-state index in [0.29, 0.717) is 51.9 Å². The lowest BCUT2D eigenvalue weighted by atomic mass is 10.0. The minimum Gasteiger partial charge on any atom is -0.379 e. The SMILES string of the molecule is CC(C)c1ccc(C(=O)N2CCN(C(=O)CN3CCOCC3)CC2)cc1. The van der Waals surface area contributed by atoms with Gasteiger partial charge in [0.05, 0.1) is 19.8 Å². The highest BCUT2D eigenvalue weighted by Crippen LogP contribution is 2.16. The van der Waals surface area contributed by atoms with E-state index in [4.69, 9.17) is 4.74 Å². The summed E-state index contributed by atoms with van der Waals surface area (Å²) in [5.74, 6) is 0.668. The molecule has 6 heteroatoms. The molecule has 142 valence electrons. The maximum absolute atomic E-state index is 12.7. The summed E-state index contributed by atoms with van der Waals surface area (Å²) in [6, 6.07) is 7.88. The van der Waals surface area contributed by atoms with E-state index in [-0.39, 0.29) is 11.8 Å². The van der Waals surface area contributed by atoms with E-state index < -0.39 is 0 Å². The van der Waals surface area contributed by atoms with Gasteiger partial charge in [0, 0.05) is 44.8 Å². The van der Waals surface area contributed by atoms with Gasteiger partial charge in [0.15, 0.2) is 0 Å². The molecule has 2 aliphatic rings. The Kier molecular flexibility index (Phi) is 6.27. The molecule has 2 fully saturated rings. The van der Waals surface area contributed by atoms with E-state index in [0.717, 1.165) is 18.7 Å². The first-order valence-electron chi connectivity index (χ1n) is 9.51. The van der Waals surface area contributed by atoms with Crippen LogP contribution >= 0.6 is 0 Å². The second-order valence-electron chi connectivity index (χ2n) is 7.34. The molecule has 2 amide bonds. The zero-order valence-corrected chi connectivity index (χ0v) is 15.8. The first-order valence-corrected chi connectivity index (χ1v) is 9.51. The number of piperazine rings is 1. The number of rotatable bonds is 4. The fraction of sp³-hybridized carbons (Fsp3) is 0.600. The van der Waals surface area contributed by atoms with Crippen LogP contribution in [0.15, 0.2) is 24.3 Å². The molecule has 26 heavy (non-hydrogen) atoms. The smallest absolute Gasteiger partial charge is 0.253 e. The standard InChI is InChI=1S/C20H29N3O3/c1-16(2)17-3-5-18(6-4-17)20(25)23-9-7-22(8-10-23)19(24)15-21-11-13-26-14-12-21/h3-6,16H,7-15H2,1-2H3. The van der Waals surface area contributed by atoms with Crippen LogP contribution in [0.2, 0.25) is 0 Å². The van der Waals surface area contributed by atoms with E-state index in [1.807, 2.05) is 34.1 Å². The molecule has 0 saturated carbocycles. The summed E-state index contributed by atoms with van der Waals surface area (Å²) in [5, 5.41) is 0. The fourth-order valence-corrected chi connectivity index (χ4v) is 3.40. The lowest BCUT2D eigenvalue weighted by Gasteiger charge is -2.36. The monoisotopic (exact) mass is 359 g/mol. The van der Waals surface area contributed by atoms with Crippen LogP contribution in [0.4, 0.5) is 0 Å². The molecule has 0 aliphatic carbocycles. The number of morpholine rings is 1. The van der Waals surface area contributed by atoms with Gasteiger partial charge in [-0.15, -0.1) is 0 Å². The van der Waals surface area contributed by atoms with Gasteiger partial charge in [0.2, 0.25) is 5.91 Å². The van der Waals surface area contributed by atoms with Gasteiger partial charge < -0.3 is 14.5 Å². The van der Waals surface area contributed by atoms with Crippen molar-refractivity contribution in [3.63, 3.8) is 0 Å². The van der Waals surface area contributed by atoms with E-state index in [2.05, 4.69) is 18.7 Å². The van der Waals surface area contributed by atoms with Gasteiger partial charge in [0.25, 0.3) is 5.91 Å². The topological polar surface area (TPSA) is 53.1 Å². The number of benzene rings is 1. The summed E-state index contributed by atoms with van der Waals surface area (Å²) < 4.78 is 5.32. The van der Waals surface area contributed by atoms with Crippen molar-refractivity contribution in [2.24, 2.45) is 0 Å². The zero-order valence-electron chi connectivity index (χ0n) is 15.8. The molecule has 3 rings (SSSR count). The number of hydrogen-bond acceptors (Lipinski definition) is 4. The van der Waals surface area contributed by atoms with Crippen LogP contribution in [0.5, 0.6) is 0 Å². The van der Waals surface area contributed by atoms with Crippen molar-refractivity contribution < 1.29 is 14.3 Å². The van der Waals surface area contributed by atoms with Crippen molar-refractivity contribution in [3.8, 4) is 0 Å². The van der Waals surface area contributed by atoms with Gasteiger partial charge in [-0.05, 0) is 23.6 Å². The van der Waals surface area contributed by atoms with Crippen LogP contribution in [0, 0.1) is 0 Å². The highest BCUT2D eigenvalue weighted by molar-refractivity contribution is 5.94. The lowest BCUT2D eigenvalue weighted by molar-refractivity contribution is -0.134. The van der Waals surface area contributed by atoms with Gasteiger partial charge in [-0.25, -0.2) is 0 Å². The Bertz CT molecular complexity index is 616. The number of amides is 2. The molecule has 0 spiro atoms. The fourth-order valence-electron chi connectivity index (χ4n) is 3.40. The first-order chi connectivity index (χ1) is 12.5. The second kappa shape index (κ2) is 8.64. The highest BCUT2D eigenvalue weighted by atomic mass is 16.5. The molecule has 6 nitrogen and oxygen atoms in total. The normalized spacial score (nSPS) is 19.0. The van der Waals surface area contributed by atoms with Crippen molar-refractivity contribution in [3.05, 3.63) is 35.4 Å². The van der Waals surface area contributed by atoms with Crippen molar-refractivity contribution in [1.29, 1.82) is 0 Å². The summed E-state index contributed by atoms with van der Waals surface area (Å²) in [4.78, 5) is 31.0. The molecule has 0 atom stereocenters. The van der Waals surface area contributed by atoms with Gasteiger partial charge >= 0.3 is 0 Å². The molecule has 2 heterocycles. The van der Waals surface area contributed by atoms with Crippen LogP contribution in [0.3, 0.4) is 0 Å². The van der Waals surface area contributed by atoms with Crippen molar-refractivity contribution in [2.75, 3.05) is 59.0 Å². The average molecular weight is 359 g/mol. The summed E-state index contributed by atoms with van der Waals surface area (Å²) in [5.41, 5.74) is 1.96. The first kappa shape index (κ1) is 18.9. The van der Waals surface area contributed by atoms with Crippen LogP contribution < -0.4 is 0 Å². The van der Waals surface area contributed by atoms with E-state index in [1.54, 1.807) is 0 Å². The number of ether oxygens (including phenoxy) is 1. The molecule has 0 aromatic heterocycles. The number of nitrogens with zero attached hydrogens (tertiary/aromatic N) is 3. The molecule has 2 aliphatic heterocycles. The quantitative estimate of drug-likeness (QED) is 0.816. The Morgan fingerprint density at radius 1 is 0.923 bits per heavy atom. The van der Waals surface area contributed by atoms with Crippen LogP contribution in [-0.2, 0) is 9.53 Å². The molecule has 0 unspecified atom stereocenters. The third-order valence-electron chi connectivity index (χ3n) is 5.21. The predicted octanol–water partition coefficient (Wildman–Crippen LogP) is 1.43. The Morgan fingerprint density at radius 2 is 1.50 bits per heavy atom. The summed E-state index contributed by atoms with van der Waals surface area (Å²) in [7, 11) is 0. The number of hydrogen-bond donors (Lipinski definition) is 0. The molecule has 2 saturated heterocycles. The molecule has 1 aromatic rings. The third-order valence-corrected chi connectivity index (χ3v) is 5.21. The van der Waals surface area contributed by atoms with Crippen molar-refractivity contribution >= 4 is 11.8 Å². The Hall–Kier alpha value is -1.92. The largest absolute Gasteiger partial charge is 0.379 e. The second-order valence-corrected chi connectivity index (χ2v) is 7.34. The van der Waals surface area contributed by atoms with E-state index in [1.165, 1.54) is 5.56 Å². The third kappa shape index (κ3) is 4.62. The van der Waals surface area contributed by atoms with Gasteiger partial charge in [-0.2, -0.15) is 0 Å². The van der Waals surface area contributed by atoms with Gasteiger partial charge in [-0.1, -0.05) is 26.0 Å². The minimum atomic E-state index is 0.0561. The van der Waals surface area contributed by atoms with Crippen LogP contribution in [0.25, 0.3) is 0 Å². The van der Waals surface area contributed by atoms with E-state index in [9.17, 15) is 9.59 Å². The summed E-state index contributed by atoms with van der Waals surface area (Å²) in [6.45, 7) is 10.2. The molecule has 0 N–H and O–H groups in total. The molecule has 1 aromatic carbocycles. The van der Waals surface area contributed by atoms with Gasteiger partial charge in [0.1, 0.15) is 0 Å². The Labute approximate surface area is 155 Å². The van der Waals surface area contributed by atoms with Gasteiger partial charge in [-0.3, -0.25) is 14.5 Å². The Balaban J connectivity index is 1.49. The van der Waals surface area contributed by atoms with Crippen molar-refractivity contribution in [2.45, 2.75) is 19.8 Å². The number of carbonyl (C=O) groups is 2. The summed E-state index contributed by atoms with van der Waals surface area (Å²) >= 11 is 0. The van der Waals surface area contributed by atoms with Crippen LogP contribution in [0.1, 0.15) is 35.7 Å². The van der Waals surface area contributed by atoms with Crippen molar-refractivity contribution in [1.82, 2.24) is 14.7 Å². The van der Waals surface area contributed by atoms with Crippen LogP contribution in [-0.4, -0.2) is 85.5 Å². The maximum atomic E-state index is 12.7. The Morgan fingerprint density at radius 3 is 2.08 bits per heavy atom. The number of carbonyl (C=O) groups excluding carboxylic acids is 2. The predicted molar refractivity (Wildman–Crippen MR) is 100 cm³/mol. The maximum Gasteiger partial charge on any atom is 0.253 e. The molecular formula is C20H29N3O3.